The Morgan fingerprint density at radius 2 is 2.14 bits per heavy atom. The predicted molar refractivity (Wildman–Crippen MR) is 78.6 cm³/mol. The molecule has 1 fully saturated rings. The molecule has 1 N–H and O–H groups in total. The van der Waals surface area contributed by atoms with Crippen LogP contribution in [-0.2, 0) is 0 Å². The molecule has 0 saturated carbocycles. The van der Waals surface area contributed by atoms with Gasteiger partial charge in [-0.2, -0.15) is 0 Å². The Kier molecular flexibility index (Phi) is 2.87. The van der Waals surface area contributed by atoms with Gasteiger partial charge in [-0.15, -0.1) is 11.8 Å². The number of aliphatic hydroxyl groups is 1. The first-order valence-corrected chi connectivity index (χ1v) is 7.95. The lowest BCUT2D eigenvalue weighted by atomic mass is 10.1. The second-order valence-electron chi connectivity index (χ2n) is 5.24. The Morgan fingerprint density at radius 3 is 2.90 bits per heavy atom. The van der Waals surface area contributed by atoms with Crippen molar-refractivity contribution in [3.05, 3.63) is 17.7 Å². The largest absolute Gasteiger partial charge is 0.454 e. The maximum atomic E-state index is 12.8. The zero-order chi connectivity index (χ0) is 14.6. The minimum Gasteiger partial charge on any atom is -0.454 e. The van der Waals surface area contributed by atoms with E-state index < -0.39 is 6.10 Å². The van der Waals surface area contributed by atoms with Gasteiger partial charge in [0.15, 0.2) is 11.5 Å². The fraction of sp³-hybridized carbons (Fsp3) is 0.429. The third-order valence-corrected chi connectivity index (χ3v) is 4.77. The standard InChI is InChI=1S/C14H14N2O4S/c1-21-13-10-2-7(17)5-16(10)14(18)8-3-11-12(20-6-19-11)4-9(8)15-13/h3-4,7,10,17H,2,5-6H2,1H3/t7-,10+/m0/s1. The van der Waals surface area contributed by atoms with Crippen LogP contribution in [0.15, 0.2) is 17.1 Å². The highest BCUT2D eigenvalue weighted by Gasteiger charge is 2.40. The van der Waals surface area contributed by atoms with Crippen LogP contribution in [0.4, 0.5) is 5.69 Å². The molecule has 1 amide bonds. The molecule has 1 aromatic rings. The number of aliphatic hydroxyl groups excluding tert-OH is 1. The first kappa shape index (κ1) is 13.0. The summed E-state index contributed by atoms with van der Waals surface area (Å²) in [6, 6.07) is 3.30. The lowest BCUT2D eigenvalue weighted by Crippen LogP contribution is -2.38. The summed E-state index contributed by atoms with van der Waals surface area (Å²) in [7, 11) is 0. The molecule has 3 aliphatic rings. The molecule has 3 aliphatic heterocycles. The van der Waals surface area contributed by atoms with Gasteiger partial charge in [0.1, 0.15) is 0 Å². The smallest absolute Gasteiger partial charge is 0.256 e. The maximum Gasteiger partial charge on any atom is 0.256 e. The molecule has 110 valence electrons. The van der Waals surface area contributed by atoms with Gasteiger partial charge in [-0.3, -0.25) is 4.79 Å². The number of nitrogens with zero attached hydrogens (tertiary/aromatic N) is 2. The van der Waals surface area contributed by atoms with Crippen molar-refractivity contribution in [1.82, 2.24) is 4.90 Å². The number of ether oxygens (including phenoxy) is 2. The SMILES string of the molecule is CSC1=Nc2cc3c(cc2C(=O)N2C[C@@H](O)C[C@H]12)OCO3. The van der Waals surface area contributed by atoms with E-state index in [4.69, 9.17) is 9.47 Å². The van der Waals surface area contributed by atoms with Crippen molar-refractivity contribution < 1.29 is 19.4 Å². The fourth-order valence-corrected chi connectivity index (χ4v) is 3.68. The Balaban J connectivity index is 1.87. The van der Waals surface area contributed by atoms with Gasteiger partial charge in [-0.1, -0.05) is 0 Å². The van der Waals surface area contributed by atoms with Crippen LogP contribution in [0.3, 0.4) is 0 Å². The van der Waals surface area contributed by atoms with Gasteiger partial charge >= 0.3 is 0 Å². The first-order chi connectivity index (χ1) is 10.2. The highest BCUT2D eigenvalue weighted by atomic mass is 32.2. The molecule has 3 heterocycles. The average Bonchev–Trinajstić information content (AvgIpc) is 3.06. The van der Waals surface area contributed by atoms with Gasteiger partial charge in [-0.05, 0) is 12.3 Å². The van der Waals surface area contributed by atoms with Gasteiger partial charge in [0.05, 0.1) is 28.4 Å². The van der Waals surface area contributed by atoms with Gasteiger partial charge < -0.3 is 19.5 Å². The highest BCUT2D eigenvalue weighted by molar-refractivity contribution is 8.13. The number of carbonyl (C=O) groups is 1. The lowest BCUT2D eigenvalue weighted by Gasteiger charge is -2.22. The molecule has 0 spiro atoms. The van der Waals surface area contributed by atoms with E-state index in [0.717, 1.165) is 5.04 Å². The van der Waals surface area contributed by atoms with Crippen LogP contribution < -0.4 is 9.47 Å². The minimum absolute atomic E-state index is 0.113. The normalized spacial score (nSPS) is 26.3. The summed E-state index contributed by atoms with van der Waals surface area (Å²) in [4.78, 5) is 19.1. The summed E-state index contributed by atoms with van der Waals surface area (Å²) < 4.78 is 10.7. The zero-order valence-electron chi connectivity index (χ0n) is 11.4. The molecule has 7 heteroatoms. The molecule has 4 rings (SSSR count). The van der Waals surface area contributed by atoms with E-state index in [1.807, 2.05) is 6.26 Å². The highest BCUT2D eigenvalue weighted by Crippen LogP contribution is 2.41. The summed E-state index contributed by atoms with van der Waals surface area (Å²) in [5.41, 5.74) is 1.11. The third-order valence-electron chi connectivity index (χ3n) is 3.99. The van der Waals surface area contributed by atoms with E-state index in [2.05, 4.69) is 4.99 Å². The molecular weight excluding hydrogens is 292 g/mol. The number of aliphatic imine (C=N–C) groups is 1. The molecule has 0 aromatic heterocycles. The van der Waals surface area contributed by atoms with E-state index in [0.29, 0.717) is 35.7 Å². The van der Waals surface area contributed by atoms with Crippen molar-refractivity contribution in [2.24, 2.45) is 4.99 Å². The van der Waals surface area contributed by atoms with Crippen LogP contribution in [0.1, 0.15) is 16.8 Å². The van der Waals surface area contributed by atoms with Crippen LogP contribution in [0.25, 0.3) is 0 Å². The number of carbonyl (C=O) groups excluding carboxylic acids is 1. The van der Waals surface area contributed by atoms with Crippen LogP contribution in [0, 0.1) is 0 Å². The predicted octanol–water partition coefficient (Wildman–Crippen LogP) is 1.40. The molecule has 21 heavy (non-hydrogen) atoms. The maximum absolute atomic E-state index is 12.8. The van der Waals surface area contributed by atoms with E-state index in [1.165, 1.54) is 11.8 Å². The topological polar surface area (TPSA) is 71.4 Å². The Hall–Kier alpha value is -1.73. The molecular formula is C14H14N2O4S. The van der Waals surface area contributed by atoms with Gasteiger partial charge in [-0.25, -0.2) is 4.99 Å². The Morgan fingerprint density at radius 1 is 1.38 bits per heavy atom. The van der Waals surface area contributed by atoms with Gasteiger partial charge in [0.25, 0.3) is 5.91 Å². The molecule has 0 aliphatic carbocycles. The molecule has 2 atom stereocenters. The van der Waals surface area contributed by atoms with Gasteiger partial charge in [0.2, 0.25) is 6.79 Å². The van der Waals surface area contributed by atoms with Gasteiger partial charge in [0, 0.05) is 19.0 Å². The second-order valence-corrected chi connectivity index (χ2v) is 6.07. The molecule has 0 radical (unpaired) electrons. The molecule has 6 nitrogen and oxygen atoms in total. The van der Waals surface area contributed by atoms with Crippen molar-refractivity contribution in [2.75, 3.05) is 19.6 Å². The molecule has 0 unspecified atom stereocenters. The monoisotopic (exact) mass is 306 g/mol. The van der Waals surface area contributed by atoms with Crippen molar-refractivity contribution in [1.29, 1.82) is 0 Å². The van der Waals surface area contributed by atoms with Crippen molar-refractivity contribution in [3.8, 4) is 11.5 Å². The summed E-state index contributed by atoms with van der Waals surface area (Å²) in [6.07, 6.45) is 1.97. The Labute approximate surface area is 125 Å². The molecule has 1 saturated heterocycles. The third kappa shape index (κ3) is 1.91. The second kappa shape index (κ2) is 4.64. The number of rotatable bonds is 0. The fourth-order valence-electron chi connectivity index (χ4n) is 3.00. The summed E-state index contributed by atoms with van der Waals surface area (Å²) in [5, 5.41) is 10.7. The minimum atomic E-state index is -0.494. The zero-order valence-corrected chi connectivity index (χ0v) is 12.2. The number of thioether (sulfide) groups is 1. The number of benzene rings is 1. The summed E-state index contributed by atoms with van der Waals surface area (Å²) >= 11 is 1.51. The first-order valence-electron chi connectivity index (χ1n) is 6.72. The average molecular weight is 306 g/mol. The van der Waals surface area contributed by atoms with E-state index in [1.54, 1.807) is 17.0 Å². The van der Waals surface area contributed by atoms with E-state index in [-0.39, 0.29) is 18.7 Å². The molecule has 1 aromatic carbocycles. The van der Waals surface area contributed by atoms with Crippen molar-refractivity contribution in [3.63, 3.8) is 0 Å². The van der Waals surface area contributed by atoms with Crippen LogP contribution in [0.2, 0.25) is 0 Å². The lowest BCUT2D eigenvalue weighted by molar-refractivity contribution is 0.0749. The van der Waals surface area contributed by atoms with E-state index in [9.17, 15) is 9.90 Å². The molecule has 0 bridgehead atoms. The van der Waals surface area contributed by atoms with Crippen LogP contribution in [0.5, 0.6) is 11.5 Å². The quantitative estimate of drug-likeness (QED) is 0.784. The van der Waals surface area contributed by atoms with E-state index >= 15 is 0 Å². The number of hydrogen-bond acceptors (Lipinski definition) is 6. The van der Waals surface area contributed by atoms with Crippen LogP contribution in [-0.4, -0.2) is 52.7 Å². The number of hydrogen-bond donors (Lipinski definition) is 1. The summed E-state index contributed by atoms with van der Waals surface area (Å²) in [5.74, 6) is 1.08. The van der Waals surface area contributed by atoms with Crippen molar-refractivity contribution in [2.45, 2.75) is 18.6 Å². The summed E-state index contributed by atoms with van der Waals surface area (Å²) in [6.45, 7) is 0.507. The number of amides is 1. The van der Waals surface area contributed by atoms with Crippen LogP contribution >= 0.6 is 11.8 Å². The number of fused-ring (bicyclic) bond motifs is 3. The Bertz CT molecular complexity index is 661. The van der Waals surface area contributed by atoms with Crippen molar-refractivity contribution >= 4 is 28.4 Å².